The Bertz CT molecular complexity index is 335. The summed E-state index contributed by atoms with van der Waals surface area (Å²) in [6, 6.07) is 2.61. The first kappa shape index (κ1) is 4.60. The van der Waals surface area contributed by atoms with Crippen LogP contribution < -0.4 is 5.73 Å². The fraction of sp³-hybridized carbons (Fsp3) is 0.143. The molecule has 0 unspecified atom stereocenters. The molecule has 0 saturated carbocycles. The van der Waals surface area contributed by atoms with Gasteiger partial charge in [0.1, 0.15) is 0 Å². The zero-order valence-corrected chi connectivity index (χ0v) is 6.50. The molecule has 0 radical (unpaired) electrons. The third-order valence-corrected chi connectivity index (χ3v) is 1.72. The van der Waals surface area contributed by atoms with Gasteiger partial charge in [0.05, 0.1) is 11.4 Å². The van der Waals surface area contributed by atoms with E-state index in [0.717, 1.165) is 0 Å². The van der Waals surface area contributed by atoms with Crippen LogP contribution in [0.2, 0.25) is 10.0 Å². The lowest BCUT2D eigenvalue weighted by molar-refractivity contribution is 1.07. The average molecular weight is 179 g/mol. The SMILES string of the molecule is [2H]c1c(C([2H])([2H])N)ccc(Cl)c1Cl. The molecule has 1 nitrogen and oxygen atoms in total. The molecule has 54 valence electrons. The number of nitrogens with two attached hydrogens (primary N) is 1. The topological polar surface area (TPSA) is 26.0 Å². The fourth-order valence-corrected chi connectivity index (χ4v) is 0.808. The first-order chi connectivity index (χ1) is 5.84. The van der Waals surface area contributed by atoms with Gasteiger partial charge in [-0.15, -0.1) is 0 Å². The van der Waals surface area contributed by atoms with Gasteiger partial charge < -0.3 is 5.73 Å². The zero-order chi connectivity index (χ0) is 10.2. The lowest BCUT2D eigenvalue weighted by atomic mass is 10.2. The van der Waals surface area contributed by atoms with Crippen LogP contribution in [-0.2, 0) is 6.50 Å². The highest BCUT2D eigenvalue weighted by Crippen LogP contribution is 2.21. The highest BCUT2D eigenvalue weighted by Gasteiger charge is 1.96. The average Bonchev–Trinajstić information content (AvgIpc) is 1.98. The molecule has 0 aliphatic carbocycles. The predicted molar refractivity (Wildman–Crippen MR) is 44.4 cm³/mol. The van der Waals surface area contributed by atoms with E-state index in [4.69, 9.17) is 33.0 Å². The molecule has 0 saturated heterocycles. The summed E-state index contributed by atoms with van der Waals surface area (Å²) in [5, 5.41) is 0.244. The second kappa shape index (κ2) is 3.24. The van der Waals surface area contributed by atoms with Crippen molar-refractivity contribution in [3.05, 3.63) is 33.8 Å². The third-order valence-electron chi connectivity index (χ3n) is 1.01. The molecule has 1 aromatic rings. The van der Waals surface area contributed by atoms with Crippen molar-refractivity contribution in [2.45, 2.75) is 6.50 Å². The molecule has 0 aliphatic heterocycles. The lowest BCUT2D eigenvalue weighted by Gasteiger charge is -1.97. The molecule has 0 aromatic heterocycles. The highest BCUT2D eigenvalue weighted by molar-refractivity contribution is 6.41. The van der Waals surface area contributed by atoms with Crippen molar-refractivity contribution in [2.75, 3.05) is 0 Å². The van der Waals surface area contributed by atoms with Gasteiger partial charge in [-0.05, 0) is 17.7 Å². The monoisotopic (exact) mass is 178 g/mol. The molecule has 0 spiro atoms. The van der Waals surface area contributed by atoms with Crippen molar-refractivity contribution < 1.29 is 4.11 Å². The number of rotatable bonds is 1. The Morgan fingerprint density at radius 1 is 1.50 bits per heavy atom. The quantitative estimate of drug-likeness (QED) is 0.703. The van der Waals surface area contributed by atoms with E-state index in [9.17, 15) is 0 Å². The van der Waals surface area contributed by atoms with Crippen LogP contribution in [0.5, 0.6) is 0 Å². The fourth-order valence-electron chi connectivity index (χ4n) is 0.533. The zero-order valence-electron chi connectivity index (χ0n) is 7.99. The summed E-state index contributed by atoms with van der Waals surface area (Å²) in [6.07, 6.45) is 0. The van der Waals surface area contributed by atoms with E-state index in [-0.39, 0.29) is 21.7 Å². The summed E-state index contributed by atoms with van der Waals surface area (Å²) in [4.78, 5) is 0. The summed E-state index contributed by atoms with van der Waals surface area (Å²) in [6.45, 7) is -2.06. The van der Waals surface area contributed by atoms with Crippen molar-refractivity contribution in [3.8, 4) is 0 Å². The minimum absolute atomic E-state index is 0.0218. The summed E-state index contributed by atoms with van der Waals surface area (Å²) in [5.74, 6) is 0. The Hall–Kier alpha value is -0.240. The summed E-state index contributed by atoms with van der Waals surface area (Å²) in [5.41, 5.74) is 5.22. The van der Waals surface area contributed by atoms with Crippen molar-refractivity contribution in [2.24, 2.45) is 5.73 Å². The van der Waals surface area contributed by atoms with Gasteiger partial charge in [0.2, 0.25) is 0 Å². The third kappa shape index (κ3) is 1.63. The van der Waals surface area contributed by atoms with Crippen LogP contribution in [0.15, 0.2) is 18.2 Å². The van der Waals surface area contributed by atoms with Gasteiger partial charge in [-0.25, -0.2) is 0 Å². The summed E-state index contributed by atoms with van der Waals surface area (Å²) >= 11 is 11.3. The van der Waals surface area contributed by atoms with Crippen LogP contribution in [-0.4, -0.2) is 0 Å². The maximum atomic E-state index is 7.46. The van der Waals surface area contributed by atoms with E-state index >= 15 is 0 Å². The minimum Gasteiger partial charge on any atom is -0.326 e. The van der Waals surface area contributed by atoms with Gasteiger partial charge in [-0.1, -0.05) is 29.3 Å². The van der Waals surface area contributed by atoms with E-state index in [1.165, 1.54) is 12.1 Å². The first-order valence-corrected chi connectivity index (χ1v) is 3.33. The van der Waals surface area contributed by atoms with Crippen molar-refractivity contribution in [1.82, 2.24) is 0 Å². The number of hydrogen-bond acceptors (Lipinski definition) is 1. The van der Waals surface area contributed by atoms with Gasteiger partial charge in [0.25, 0.3) is 0 Å². The molecule has 1 rings (SSSR count). The van der Waals surface area contributed by atoms with Crippen LogP contribution in [0.4, 0.5) is 0 Å². The van der Waals surface area contributed by atoms with Gasteiger partial charge in [-0.3, -0.25) is 0 Å². The normalized spacial score (nSPS) is 15.7. The first-order valence-electron chi connectivity index (χ1n) is 4.08. The van der Waals surface area contributed by atoms with E-state index in [1.54, 1.807) is 0 Å². The standard InChI is InChI=1S/C7H7Cl2N/c8-6-2-1-5(4-10)3-7(6)9/h1-3H,4,10H2/i3D,4D2. The van der Waals surface area contributed by atoms with Gasteiger partial charge in [0.15, 0.2) is 0 Å². The Balaban J connectivity index is 3.35. The highest BCUT2D eigenvalue weighted by atomic mass is 35.5. The number of halogens is 2. The Labute approximate surface area is 74.0 Å². The molecule has 0 aliphatic rings. The maximum absolute atomic E-state index is 7.46. The lowest BCUT2D eigenvalue weighted by Crippen LogP contribution is -1.95. The Kier molecular flexibility index (Phi) is 1.49. The summed E-state index contributed by atoms with van der Waals surface area (Å²) in [7, 11) is 0. The number of hydrogen-bond donors (Lipinski definition) is 1. The van der Waals surface area contributed by atoms with E-state index < -0.39 is 6.50 Å². The van der Waals surface area contributed by atoms with Crippen LogP contribution in [0, 0.1) is 0 Å². The van der Waals surface area contributed by atoms with Crippen molar-refractivity contribution >= 4 is 23.2 Å². The second-order valence-electron chi connectivity index (χ2n) is 1.68. The molecule has 0 fully saturated rings. The van der Waals surface area contributed by atoms with Crippen LogP contribution in [0.1, 0.15) is 9.68 Å². The van der Waals surface area contributed by atoms with Crippen molar-refractivity contribution in [3.63, 3.8) is 0 Å². The van der Waals surface area contributed by atoms with E-state index in [0.29, 0.717) is 0 Å². The smallest absolute Gasteiger partial charge is 0.0642 e. The molecule has 3 heteroatoms. The molecule has 1 aromatic carbocycles. The summed E-state index contributed by atoms with van der Waals surface area (Å²) < 4.78 is 21.9. The van der Waals surface area contributed by atoms with Crippen LogP contribution in [0.25, 0.3) is 0 Å². The minimum atomic E-state index is -2.06. The largest absolute Gasteiger partial charge is 0.326 e. The molecular weight excluding hydrogens is 169 g/mol. The van der Waals surface area contributed by atoms with Gasteiger partial charge >= 0.3 is 0 Å². The number of benzene rings is 1. The molecule has 0 amide bonds. The van der Waals surface area contributed by atoms with E-state index in [1.807, 2.05) is 0 Å². The Morgan fingerprint density at radius 3 is 2.80 bits per heavy atom. The molecular formula is C7H7Cl2N. The maximum Gasteiger partial charge on any atom is 0.0642 e. The Morgan fingerprint density at radius 2 is 2.20 bits per heavy atom. The van der Waals surface area contributed by atoms with Crippen LogP contribution in [0.3, 0.4) is 0 Å². The molecule has 0 atom stereocenters. The van der Waals surface area contributed by atoms with E-state index in [2.05, 4.69) is 0 Å². The second-order valence-corrected chi connectivity index (χ2v) is 2.46. The van der Waals surface area contributed by atoms with Crippen molar-refractivity contribution in [1.29, 1.82) is 0 Å². The molecule has 0 heterocycles. The molecule has 10 heavy (non-hydrogen) atoms. The van der Waals surface area contributed by atoms with Crippen LogP contribution >= 0.6 is 23.2 Å². The predicted octanol–water partition coefficient (Wildman–Crippen LogP) is 2.45. The molecule has 2 N–H and O–H groups in total. The van der Waals surface area contributed by atoms with Gasteiger partial charge in [0, 0.05) is 9.24 Å². The molecule has 0 bridgehead atoms. The van der Waals surface area contributed by atoms with Gasteiger partial charge in [-0.2, -0.15) is 0 Å².